The fraction of sp³-hybridized carbons (Fsp3) is 0.400. The van der Waals surface area contributed by atoms with Gasteiger partial charge in [-0.05, 0) is 18.4 Å². The standard InChI is InChI=1S/C15H21N3/c1-4-6-13-17-14(15(16)18(13)3)12-9-7-11(5-2)8-10-12/h7-10H,4-6,16H2,1-3H3. The molecule has 0 spiro atoms. The zero-order valence-electron chi connectivity index (χ0n) is 11.4. The Labute approximate surface area is 109 Å². The van der Waals surface area contributed by atoms with E-state index in [0.717, 1.165) is 42.2 Å². The number of benzene rings is 1. The Hall–Kier alpha value is -1.77. The van der Waals surface area contributed by atoms with E-state index in [2.05, 4.69) is 43.1 Å². The minimum absolute atomic E-state index is 0.752. The van der Waals surface area contributed by atoms with Gasteiger partial charge in [0, 0.05) is 19.0 Å². The number of imidazole rings is 1. The molecule has 2 rings (SSSR count). The predicted octanol–water partition coefficient (Wildman–Crippen LogP) is 3.18. The first kappa shape index (κ1) is 12.7. The minimum atomic E-state index is 0.752. The van der Waals surface area contributed by atoms with Crippen molar-refractivity contribution in [3.05, 3.63) is 35.7 Å². The van der Waals surface area contributed by atoms with E-state index in [4.69, 9.17) is 5.73 Å². The second-order valence-corrected chi connectivity index (χ2v) is 4.62. The first-order valence-electron chi connectivity index (χ1n) is 6.57. The molecule has 96 valence electrons. The smallest absolute Gasteiger partial charge is 0.131 e. The summed E-state index contributed by atoms with van der Waals surface area (Å²) in [6.45, 7) is 4.31. The number of rotatable bonds is 4. The van der Waals surface area contributed by atoms with Gasteiger partial charge >= 0.3 is 0 Å². The minimum Gasteiger partial charge on any atom is -0.383 e. The highest BCUT2D eigenvalue weighted by Gasteiger charge is 2.12. The molecule has 1 aromatic carbocycles. The van der Waals surface area contributed by atoms with Gasteiger partial charge < -0.3 is 10.3 Å². The van der Waals surface area contributed by atoms with Gasteiger partial charge in [-0.1, -0.05) is 38.1 Å². The van der Waals surface area contributed by atoms with E-state index in [9.17, 15) is 0 Å². The van der Waals surface area contributed by atoms with Crippen LogP contribution in [0.5, 0.6) is 0 Å². The first-order chi connectivity index (χ1) is 8.67. The monoisotopic (exact) mass is 243 g/mol. The van der Waals surface area contributed by atoms with Crippen molar-refractivity contribution in [3.63, 3.8) is 0 Å². The van der Waals surface area contributed by atoms with Gasteiger partial charge in [0.2, 0.25) is 0 Å². The van der Waals surface area contributed by atoms with E-state index >= 15 is 0 Å². The number of hydrogen-bond acceptors (Lipinski definition) is 2. The molecular weight excluding hydrogens is 222 g/mol. The third-order valence-electron chi connectivity index (χ3n) is 3.34. The fourth-order valence-corrected chi connectivity index (χ4v) is 2.12. The lowest BCUT2D eigenvalue weighted by molar-refractivity contribution is 0.764. The zero-order valence-corrected chi connectivity index (χ0v) is 11.4. The molecule has 0 bridgehead atoms. The van der Waals surface area contributed by atoms with E-state index in [-0.39, 0.29) is 0 Å². The molecule has 0 unspecified atom stereocenters. The van der Waals surface area contributed by atoms with Gasteiger partial charge in [0.25, 0.3) is 0 Å². The van der Waals surface area contributed by atoms with Crippen molar-refractivity contribution in [3.8, 4) is 11.3 Å². The topological polar surface area (TPSA) is 43.8 Å². The van der Waals surface area contributed by atoms with Gasteiger partial charge in [-0.15, -0.1) is 0 Å². The summed E-state index contributed by atoms with van der Waals surface area (Å²) in [6, 6.07) is 8.49. The summed E-state index contributed by atoms with van der Waals surface area (Å²) in [5, 5.41) is 0. The molecule has 18 heavy (non-hydrogen) atoms. The van der Waals surface area contributed by atoms with Crippen LogP contribution in [0.3, 0.4) is 0 Å². The van der Waals surface area contributed by atoms with Crippen LogP contribution in [-0.4, -0.2) is 9.55 Å². The molecule has 0 fully saturated rings. The van der Waals surface area contributed by atoms with Gasteiger partial charge in [-0.2, -0.15) is 0 Å². The largest absolute Gasteiger partial charge is 0.383 e. The Bertz CT molecular complexity index is 523. The highest BCUT2D eigenvalue weighted by atomic mass is 15.1. The molecule has 0 radical (unpaired) electrons. The van der Waals surface area contributed by atoms with Crippen molar-refractivity contribution in [1.82, 2.24) is 9.55 Å². The Balaban J connectivity index is 2.40. The van der Waals surface area contributed by atoms with E-state index in [1.807, 2.05) is 11.6 Å². The molecule has 0 aliphatic heterocycles. The Kier molecular flexibility index (Phi) is 3.70. The van der Waals surface area contributed by atoms with E-state index in [0.29, 0.717) is 0 Å². The van der Waals surface area contributed by atoms with E-state index < -0.39 is 0 Å². The maximum atomic E-state index is 6.14. The molecule has 0 saturated carbocycles. The Morgan fingerprint density at radius 2 is 1.83 bits per heavy atom. The summed E-state index contributed by atoms with van der Waals surface area (Å²) in [5.74, 6) is 1.81. The van der Waals surface area contributed by atoms with Crippen molar-refractivity contribution in [2.24, 2.45) is 7.05 Å². The number of aryl methyl sites for hydroxylation is 2. The number of anilines is 1. The summed E-state index contributed by atoms with van der Waals surface area (Å²) in [4.78, 5) is 4.66. The van der Waals surface area contributed by atoms with Gasteiger partial charge in [0.05, 0.1) is 0 Å². The number of aromatic nitrogens is 2. The van der Waals surface area contributed by atoms with Crippen LogP contribution >= 0.6 is 0 Å². The van der Waals surface area contributed by atoms with Gasteiger partial charge in [0.1, 0.15) is 17.3 Å². The molecule has 1 aromatic heterocycles. The lowest BCUT2D eigenvalue weighted by Gasteiger charge is -2.02. The fourth-order valence-electron chi connectivity index (χ4n) is 2.12. The van der Waals surface area contributed by atoms with Crippen LogP contribution in [0.2, 0.25) is 0 Å². The average Bonchev–Trinajstić information content (AvgIpc) is 2.68. The van der Waals surface area contributed by atoms with Crippen molar-refractivity contribution in [2.75, 3.05) is 5.73 Å². The lowest BCUT2D eigenvalue weighted by atomic mass is 10.1. The van der Waals surface area contributed by atoms with Crippen LogP contribution in [0.1, 0.15) is 31.7 Å². The number of hydrogen-bond donors (Lipinski definition) is 1. The highest BCUT2D eigenvalue weighted by molar-refractivity contribution is 5.71. The zero-order chi connectivity index (χ0) is 13.1. The molecular formula is C15H21N3. The molecule has 3 heteroatoms. The summed E-state index contributed by atoms with van der Waals surface area (Å²) >= 11 is 0. The molecule has 2 aromatic rings. The van der Waals surface area contributed by atoms with Crippen LogP contribution in [0.4, 0.5) is 5.82 Å². The molecule has 0 aliphatic carbocycles. The summed E-state index contributed by atoms with van der Waals surface area (Å²) in [5.41, 5.74) is 9.48. The number of nitrogen functional groups attached to an aromatic ring is 1. The van der Waals surface area contributed by atoms with Gasteiger partial charge in [-0.3, -0.25) is 0 Å². The van der Waals surface area contributed by atoms with Crippen LogP contribution in [0, 0.1) is 0 Å². The lowest BCUT2D eigenvalue weighted by Crippen LogP contribution is -2.01. The van der Waals surface area contributed by atoms with E-state index in [1.54, 1.807) is 0 Å². The van der Waals surface area contributed by atoms with Gasteiger partial charge in [0.15, 0.2) is 0 Å². The van der Waals surface area contributed by atoms with Crippen molar-refractivity contribution in [2.45, 2.75) is 33.1 Å². The highest BCUT2D eigenvalue weighted by Crippen LogP contribution is 2.26. The SMILES string of the molecule is CCCc1nc(-c2ccc(CC)cc2)c(N)n1C. The summed E-state index contributed by atoms with van der Waals surface area (Å²) < 4.78 is 1.99. The van der Waals surface area contributed by atoms with Gasteiger partial charge in [-0.25, -0.2) is 4.98 Å². The van der Waals surface area contributed by atoms with Crippen LogP contribution < -0.4 is 5.73 Å². The number of nitrogens with two attached hydrogens (primary N) is 1. The van der Waals surface area contributed by atoms with E-state index in [1.165, 1.54) is 5.56 Å². The average molecular weight is 243 g/mol. The summed E-state index contributed by atoms with van der Waals surface area (Å²) in [7, 11) is 1.98. The Morgan fingerprint density at radius 1 is 1.17 bits per heavy atom. The van der Waals surface area contributed by atoms with Crippen molar-refractivity contribution >= 4 is 5.82 Å². The Morgan fingerprint density at radius 3 is 2.39 bits per heavy atom. The quantitative estimate of drug-likeness (QED) is 0.896. The van der Waals surface area contributed by atoms with Crippen LogP contribution in [0.25, 0.3) is 11.3 Å². The molecule has 3 nitrogen and oxygen atoms in total. The second-order valence-electron chi connectivity index (χ2n) is 4.62. The molecule has 0 aliphatic rings. The molecule has 0 amide bonds. The molecule has 1 heterocycles. The summed E-state index contributed by atoms with van der Waals surface area (Å²) in [6.07, 6.45) is 3.10. The number of nitrogens with zero attached hydrogens (tertiary/aromatic N) is 2. The normalized spacial score (nSPS) is 10.8. The maximum absolute atomic E-state index is 6.14. The van der Waals surface area contributed by atoms with Crippen LogP contribution in [-0.2, 0) is 19.9 Å². The third kappa shape index (κ3) is 2.26. The third-order valence-corrected chi connectivity index (χ3v) is 3.34. The molecule has 0 saturated heterocycles. The van der Waals surface area contributed by atoms with Crippen molar-refractivity contribution < 1.29 is 0 Å². The van der Waals surface area contributed by atoms with Crippen molar-refractivity contribution in [1.29, 1.82) is 0 Å². The second kappa shape index (κ2) is 5.25. The molecule has 2 N–H and O–H groups in total. The first-order valence-corrected chi connectivity index (χ1v) is 6.57. The molecule has 0 atom stereocenters. The maximum Gasteiger partial charge on any atom is 0.131 e. The predicted molar refractivity (Wildman–Crippen MR) is 76.4 cm³/mol. The van der Waals surface area contributed by atoms with Crippen LogP contribution in [0.15, 0.2) is 24.3 Å².